The number of guanidine groups is 1. The van der Waals surface area contributed by atoms with Crippen molar-refractivity contribution in [2.75, 3.05) is 52.9 Å². The summed E-state index contributed by atoms with van der Waals surface area (Å²) in [5.74, 6) is 1.23. The fourth-order valence-corrected chi connectivity index (χ4v) is 3.68. The molecule has 0 radical (unpaired) electrons. The van der Waals surface area contributed by atoms with Gasteiger partial charge in [0.05, 0.1) is 0 Å². The number of carbonyl (C=O) groups is 1. The van der Waals surface area contributed by atoms with Gasteiger partial charge in [-0.25, -0.2) is 4.39 Å². The third-order valence-electron chi connectivity index (χ3n) is 5.73. The zero-order chi connectivity index (χ0) is 19.8. The van der Waals surface area contributed by atoms with Gasteiger partial charge in [-0.3, -0.25) is 14.7 Å². The number of rotatable bonds is 7. The van der Waals surface area contributed by atoms with Crippen LogP contribution in [-0.2, 0) is 11.2 Å². The molecule has 154 valence electrons. The molecule has 1 aromatic rings. The minimum Gasteiger partial charge on any atom is -0.356 e. The normalized spacial score (nSPS) is 18.6. The van der Waals surface area contributed by atoms with E-state index in [1.165, 1.54) is 12.5 Å². The number of hydrogen-bond acceptors (Lipinski definition) is 3. The average molecular weight is 390 g/mol. The molecule has 1 saturated heterocycles. The number of nitrogens with zero attached hydrogens (tertiary/aromatic N) is 3. The molecule has 7 heteroatoms. The van der Waals surface area contributed by atoms with Crippen LogP contribution >= 0.6 is 0 Å². The molecule has 1 aliphatic heterocycles. The van der Waals surface area contributed by atoms with Crippen molar-refractivity contribution in [2.24, 2.45) is 10.9 Å². The average Bonchev–Trinajstić information content (AvgIpc) is 2.67. The fraction of sp³-hybridized carbons (Fsp3) is 0.619. The molecular formula is C21H32FN5O. The Hall–Kier alpha value is -2.15. The second kappa shape index (κ2) is 10.4. The van der Waals surface area contributed by atoms with E-state index in [9.17, 15) is 9.18 Å². The van der Waals surface area contributed by atoms with E-state index in [4.69, 9.17) is 0 Å². The zero-order valence-corrected chi connectivity index (χ0v) is 16.8. The minimum atomic E-state index is -0.165. The van der Waals surface area contributed by atoms with E-state index in [1.54, 1.807) is 13.1 Å². The summed E-state index contributed by atoms with van der Waals surface area (Å²) in [5, 5.41) is 6.54. The molecule has 1 saturated carbocycles. The van der Waals surface area contributed by atoms with Crippen molar-refractivity contribution in [1.29, 1.82) is 0 Å². The van der Waals surface area contributed by atoms with E-state index < -0.39 is 0 Å². The summed E-state index contributed by atoms with van der Waals surface area (Å²) in [4.78, 5) is 20.9. The first kappa shape index (κ1) is 20.6. The van der Waals surface area contributed by atoms with E-state index >= 15 is 0 Å². The summed E-state index contributed by atoms with van der Waals surface area (Å²) in [6.07, 6.45) is 3.97. The van der Waals surface area contributed by atoms with Crippen molar-refractivity contribution in [3.05, 3.63) is 35.6 Å². The van der Waals surface area contributed by atoms with Crippen LogP contribution in [0.4, 0.5) is 4.39 Å². The smallest absolute Gasteiger partial charge is 0.225 e. The third-order valence-corrected chi connectivity index (χ3v) is 5.73. The van der Waals surface area contributed by atoms with Crippen LogP contribution in [-0.4, -0.2) is 74.5 Å². The molecule has 0 unspecified atom stereocenters. The SMILES string of the molecule is CN=C(NCCc1ccccc1F)NCCN1CCN(C(=O)C2CCC2)CC1. The van der Waals surface area contributed by atoms with Crippen LogP contribution in [0.1, 0.15) is 24.8 Å². The second-order valence-electron chi connectivity index (χ2n) is 7.56. The molecule has 2 fully saturated rings. The monoisotopic (exact) mass is 389 g/mol. The molecule has 1 amide bonds. The van der Waals surface area contributed by atoms with Crippen LogP contribution in [0, 0.1) is 11.7 Å². The van der Waals surface area contributed by atoms with E-state index in [-0.39, 0.29) is 5.82 Å². The molecule has 2 N–H and O–H groups in total. The number of benzene rings is 1. The first-order chi connectivity index (χ1) is 13.7. The maximum atomic E-state index is 13.6. The van der Waals surface area contributed by atoms with Crippen molar-refractivity contribution in [1.82, 2.24) is 20.4 Å². The largest absolute Gasteiger partial charge is 0.356 e. The second-order valence-corrected chi connectivity index (χ2v) is 7.56. The van der Waals surface area contributed by atoms with Gasteiger partial charge in [0.25, 0.3) is 0 Å². The molecule has 0 aromatic heterocycles. The Morgan fingerprint density at radius 2 is 1.86 bits per heavy atom. The molecule has 6 nitrogen and oxygen atoms in total. The van der Waals surface area contributed by atoms with E-state index in [0.29, 0.717) is 30.4 Å². The van der Waals surface area contributed by atoms with E-state index in [0.717, 1.165) is 58.1 Å². The van der Waals surface area contributed by atoms with E-state index in [1.807, 2.05) is 17.0 Å². The van der Waals surface area contributed by atoms with Crippen molar-refractivity contribution < 1.29 is 9.18 Å². The summed E-state index contributed by atoms with van der Waals surface area (Å²) in [6.45, 7) is 5.87. The van der Waals surface area contributed by atoms with Crippen LogP contribution in [0.15, 0.2) is 29.3 Å². The van der Waals surface area contributed by atoms with Gasteiger partial charge in [-0.15, -0.1) is 0 Å². The Kier molecular flexibility index (Phi) is 7.65. The molecule has 3 rings (SSSR count). The van der Waals surface area contributed by atoms with Crippen LogP contribution in [0.5, 0.6) is 0 Å². The molecule has 1 heterocycles. The number of nitrogens with one attached hydrogen (secondary N) is 2. The summed E-state index contributed by atoms with van der Waals surface area (Å²) < 4.78 is 13.6. The number of hydrogen-bond donors (Lipinski definition) is 2. The first-order valence-corrected chi connectivity index (χ1v) is 10.4. The van der Waals surface area contributed by atoms with Gasteiger partial charge < -0.3 is 15.5 Å². The van der Waals surface area contributed by atoms with Crippen molar-refractivity contribution in [3.8, 4) is 0 Å². The van der Waals surface area contributed by atoms with Gasteiger partial charge in [-0.1, -0.05) is 24.6 Å². The van der Waals surface area contributed by atoms with Crippen molar-refractivity contribution in [3.63, 3.8) is 0 Å². The Morgan fingerprint density at radius 3 is 2.50 bits per heavy atom. The van der Waals surface area contributed by atoms with Gasteiger partial charge in [0.2, 0.25) is 5.91 Å². The predicted molar refractivity (Wildman–Crippen MR) is 110 cm³/mol. The first-order valence-electron chi connectivity index (χ1n) is 10.4. The Morgan fingerprint density at radius 1 is 1.14 bits per heavy atom. The maximum absolute atomic E-state index is 13.6. The molecule has 1 aliphatic carbocycles. The molecule has 0 bridgehead atoms. The quantitative estimate of drug-likeness (QED) is 0.548. The molecule has 2 aliphatic rings. The summed E-state index contributed by atoms with van der Waals surface area (Å²) in [7, 11) is 1.74. The topological polar surface area (TPSA) is 60.0 Å². The lowest BCUT2D eigenvalue weighted by atomic mass is 9.84. The fourth-order valence-electron chi connectivity index (χ4n) is 3.68. The molecule has 0 spiro atoms. The summed E-state index contributed by atoms with van der Waals surface area (Å²) in [6, 6.07) is 6.85. The highest BCUT2D eigenvalue weighted by Gasteiger charge is 2.30. The van der Waals surface area contributed by atoms with Crippen LogP contribution < -0.4 is 10.6 Å². The number of aliphatic imine (C=N–C) groups is 1. The molecular weight excluding hydrogens is 357 g/mol. The highest BCUT2D eigenvalue weighted by molar-refractivity contribution is 5.80. The lowest BCUT2D eigenvalue weighted by Gasteiger charge is -2.38. The Bertz CT molecular complexity index is 669. The lowest BCUT2D eigenvalue weighted by molar-refractivity contribution is -0.139. The van der Waals surface area contributed by atoms with Gasteiger partial charge in [0.15, 0.2) is 5.96 Å². The summed E-state index contributed by atoms with van der Waals surface area (Å²) >= 11 is 0. The van der Waals surface area contributed by atoms with Gasteiger partial charge in [-0.2, -0.15) is 0 Å². The van der Waals surface area contributed by atoms with Gasteiger partial charge in [-0.05, 0) is 30.9 Å². The van der Waals surface area contributed by atoms with Crippen molar-refractivity contribution >= 4 is 11.9 Å². The third kappa shape index (κ3) is 5.67. The maximum Gasteiger partial charge on any atom is 0.225 e. The minimum absolute atomic E-state index is 0.165. The highest BCUT2D eigenvalue weighted by Crippen LogP contribution is 2.28. The zero-order valence-electron chi connectivity index (χ0n) is 16.8. The van der Waals surface area contributed by atoms with Crippen molar-refractivity contribution in [2.45, 2.75) is 25.7 Å². The van der Waals surface area contributed by atoms with E-state index in [2.05, 4.69) is 20.5 Å². The van der Waals surface area contributed by atoms with Gasteiger partial charge in [0, 0.05) is 58.8 Å². The Labute approximate surface area is 167 Å². The Balaban J connectivity index is 1.29. The standard InChI is InChI=1S/C21H32FN5O/c1-23-21(24-10-9-17-5-2-3-8-19(17)22)25-11-12-26-13-15-27(16-14-26)20(28)18-6-4-7-18/h2-3,5,8,18H,4,6-7,9-16H2,1H3,(H2,23,24,25). The number of piperazine rings is 1. The lowest BCUT2D eigenvalue weighted by Crippen LogP contribution is -2.52. The summed E-state index contributed by atoms with van der Waals surface area (Å²) in [5.41, 5.74) is 0.708. The number of amides is 1. The molecule has 28 heavy (non-hydrogen) atoms. The predicted octanol–water partition coefficient (Wildman–Crippen LogP) is 1.48. The number of carbonyl (C=O) groups excluding carboxylic acids is 1. The van der Waals surface area contributed by atoms with Gasteiger partial charge >= 0.3 is 0 Å². The van der Waals surface area contributed by atoms with Crippen LogP contribution in [0.2, 0.25) is 0 Å². The molecule has 1 aromatic carbocycles. The van der Waals surface area contributed by atoms with Crippen LogP contribution in [0.3, 0.4) is 0 Å². The van der Waals surface area contributed by atoms with Gasteiger partial charge in [0.1, 0.15) is 5.82 Å². The molecule has 0 atom stereocenters. The number of halogens is 1. The highest BCUT2D eigenvalue weighted by atomic mass is 19.1. The van der Waals surface area contributed by atoms with Crippen LogP contribution in [0.25, 0.3) is 0 Å².